The fraction of sp³-hybridized carbons (Fsp3) is 0.500. The standard InChI is InChI=1S/C14H17ClN2O4/c1-8(14(19)20)17(2)13(18)10-5-11(15)12(16-6-10)21-7-9-3-4-9/h5-6,8-9H,3-4,7H2,1-2H3,(H,19,20). The number of carbonyl (C=O) groups excluding carboxylic acids is 1. The average molecular weight is 313 g/mol. The molecule has 0 bridgehead atoms. The van der Waals surface area contributed by atoms with Gasteiger partial charge in [-0.3, -0.25) is 4.79 Å². The number of rotatable bonds is 6. The molecule has 1 atom stereocenters. The lowest BCUT2D eigenvalue weighted by Gasteiger charge is -2.21. The molecule has 21 heavy (non-hydrogen) atoms. The quantitative estimate of drug-likeness (QED) is 0.869. The molecule has 1 fully saturated rings. The van der Waals surface area contributed by atoms with E-state index in [0.29, 0.717) is 18.4 Å². The predicted molar refractivity (Wildman–Crippen MR) is 76.7 cm³/mol. The molecule has 0 saturated heterocycles. The summed E-state index contributed by atoms with van der Waals surface area (Å²) in [6.07, 6.45) is 3.67. The lowest BCUT2D eigenvalue weighted by atomic mass is 10.2. The molecule has 1 amide bonds. The van der Waals surface area contributed by atoms with Gasteiger partial charge in [-0.05, 0) is 31.7 Å². The van der Waals surface area contributed by atoms with Crippen molar-refractivity contribution in [2.45, 2.75) is 25.8 Å². The van der Waals surface area contributed by atoms with Gasteiger partial charge < -0.3 is 14.7 Å². The molecule has 6 nitrogen and oxygen atoms in total. The summed E-state index contributed by atoms with van der Waals surface area (Å²) < 4.78 is 5.48. The molecule has 0 radical (unpaired) electrons. The van der Waals surface area contributed by atoms with E-state index >= 15 is 0 Å². The van der Waals surface area contributed by atoms with Crippen molar-refractivity contribution in [1.29, 1.82) is 0 Å². The van der Waals surface area contributed by atoms with Gasteiger partial charge in [-0.25, -0.2) is 9.78 Å². The van der Waals surface area contributed by atoms with E-state index in [0.717, 1.165) is 17.7 Å². The van der Waals surface area contributed by atoms with E-state index in [1.54, 1.807) is 0 Å². The highest BCUT2D eigenvalue weighted by Crippen LogP contribution is 2.31. The number of carboxylic acids is 1. The number of aromatic nitrogens is 1. The van der Waals surface area contributed by atoms with Crippen molar-refractivity contribution in [3.05, 3.63) is 22.8 Å². The molecular formula is C14H17ClN2O4. The highest BCUT2D eigenvalue weighted by molar-refractivity contribution is 6.32. The molecule has 7 heteroatoms. The minimum Gasteiger partial charge on any atom is -0.480 e. The highest BCUT2D eigenvalue weighted by atomic mass is 35.5. The number of hydrogen-bond acceptors (Lipinski definition) is 4. The predicted octanol–water partition coefficient (Wildman–Crippen LogP) is 2.07. The van der Waals surface area contributed by atoms with Gasteiger partial charge in [0.2, 0.25) is 5.88 Å². The summed E-state index contributed by atoms with van der Waals surface area (Å²) in [6, 6.07) is 0.520. The number of halogens is 1. The third kappa shape index (κ3) is 3.85. The Morgan fingerprint density at radius 3 is 2.76 bits per heavy atom. The fourth-order valence-electron chi connectivity index (χ4n) is 1.68. The number of carboxylic acid groups (broad SMARTS) is 1. The van der Waals surface area contributed by atoms with E-state index in [2.05, 4.69) is 4.98 Å². The molecule has 1 unspecified atom stereocenters. The molecule has 1 saturated carbocycles. The number of ether oxygens (including phenoxy) is 1. The second kappa shape index (κ2) is 6.30. The first kappa shape index (κ1) is 15.6. The smallest absolute Gasteiger partial charge is 0.326 e. The van der Waals surface area contributed by atoms with Crippen molar-refractivity contribution in [2.75, 3.05) is 13.7 Å². The number of pyridine rings is 1. The summed E-state index contributed by atoms with van der Waals surface area (Å²) in [7, 11) is 1.42. The number of nitrogens with zero attached hydrogens (tertiary/aromatic N) is 2. The summed E-state index contributed by atoms with van der Waals surface area (Å²) in [5, 5.41) is 9.17. The number of hydrogen-bond donors (Lipinski definition) is 1. The largest absolute Gasteiger partial charge is 0.480 e. The Labute approximate surface area is 127 Å². The SMILES string of the molecule is CC(C(=O)O)N(C)C(=O)c1cnc(OCC2CC2)c(Cl)c1. The Morgan fingerprint density at radius 2 is 2.24 bits per heavy atom. The Kier molecular flexibility index (Phi) is 4.67. The van der Waals surface area contributed by atoms with Gasteiger partial charge in [0.15, 0.2) is 0 Å². The average Bonchev–Trinajstić information content (AvgIpc) is 3.27. The van der Waals surface area contributed by atoms with Crippen LogP contribution >= 0.6 is 11.6 Å². The van der Waals surface area contributed by atoms with Gasteiger partial charge in [0, 0.05) is 13.2 Å². The van der Waals surface area contributed by atoms with Crippen LogP contribution in [0.2, 0.25) is 5.02 Å². The third-order valence-corrected chi connectivity index (χ3v) is 3.74. The van der Waals surface area contributed by atoms with Gasteiger partial charge in [0.1, 0.15) is 11.1 Å². The molecule has 114 valence electrons. The Morgan fingerprint density at radius 1 is 1.57 bits per heavy atom. The summed E-state index contributed by atoms with van der Waals surface area (Å²) >= 11 is 6.05. The minimum atomic E-state index is -1.07. The molecule has 1 heterocycles. The van der Waals surface area contributed by atoms with E-state index < -0.39 is 17.9 Å². The third-order valence-electron chi connectivity index (χ3n) is 3.47. The molecule has 1 aromatic heterocycles. The van der Waals surface area contributed by atoms with Crippen LogP contribution < -0.4 is 4.74 Å². The lowest BCUT2D eigenvalue weighted by Crippen LogP contribution is -2.40. The van der Waals surface area contributed by atoms with Gasteiger partial charge in [-0.15, -0.1) is 0 Å². The van der Waals surface area contributed by atoms with E-state index in [9.17, 15) is 9.59 Å². The zero-order valence-corrected chi connectivity index (χ0v) is 12.6. The number of aliphatic carboxylic acids is 1. The molecule has 1 aliphatic rings. The molecule has 0 aliphatic heterocycles. The van der Waals surface area contributed by atoms with Crippen molar-refractivity contribution >= 4 is 23.5 Å². The van der Waals surface area contributed by atoms with Crippen molar-refractivity contribution < 1.29 is 19.4 Å². The normalized spacial score (nSPS) is 15.4. The topological polar surface area (TPSA) is 79.7 Å². The molecule has 0 spiro atoms. The first-order valence-corrected chi connectivity index (χ1v) is 7.06. The number of carbonyl (C=O) groups is 2. The van der Waals surface area contributed by atoms with Crippen LogP contribution in [0.1, 0.15) is 30.1 Å². The molecule has 1 N–H and O–H groups in total. The van der Waals surface area contributed by atoms with Crippen LogP contribution in [0.25, 0.3) is 0 Å². The van der Waals surface area contributed by atoms with Crippen LogP contribution in [-0.4, -0.2) is 46.6 Å². The monoisotopic (exact) mass is 312 g/mol. The van der Waals surface area contributed by atoms with Crippen molar-refractivity contribution in [1.82, 2.24) is 9.88 Å². The van der Waals surface area contributed by atoms with Crippen molar-refractivity contribution in [2.24, 2.45) is 5.92 Å². The Hall–Kier alpha value is -1.82. The molecule has 0 aromatic carbocycles. The van der Waals surface area contributed by atoms with Crippen LogP contribution in [0.15, 0.2) is 12.3 Å². The Balaban J connectivity index is 2.07. The van der Waals surface area contributed by atoms with Crippen LogP contribution in [0, 0.1) is 5.92 Å². The van der Waals surface area contributed by atoms with Crippen LogP contribution in [0.4, 0.5) is 0 Å². The lowest BCUT2D eigenvalue weighted by molar-refractivity contribution is -0.141. The summed E-state index contributed by atoms with van der Waals surface area (Å²) in [4.78, 5) is 28.2. The zero-order chi connectivity index (χ0) is 15.6. The first-order valence-electron chi connectivity index (χ1n) is 6.68. The Bertz CT molecular complexity index is 560. The second-order valence-corrected chi connectivity index (χ2v) is 5.60. The van der Waals surface area contributed by atoms with Crippen LogP contribution in [0.3, 0.4) is 0 Å². The van der Waals surface area contributed by atoms with Crippen molar-refractivity contribution in [3.63, 3.8) is 0 Å². The molecule has 1 aromatic rings. The first-order chi connectivity index (χ1) is 9.90. The van der Waals surface area contributed by atoms with Crippen molar-refractivity contribution in [3.8, 4) is 5.88 Å². The summed E-state index contributed by atoms with van der Waals surface area (Å²) in [5.74, 6) is -0.650. The van der Waals surface area contributed by atoms with Gasteiger partial charge >= 0.3 is 5.97 Å². The maximum Gasteiger partial charge on any atom is 0.326 e. The molecular weight excluding hydrogens is 296 g/mol. The van der Waals surface area contributed by atoms with Crippen LogP contribution in [-0.2, 0) is 4.79 Å². The van der Waals surface area contributed by atoms with E-state index in [-0.39, 0.29) is 10.6 Å². The van der Waals surface area contributed by atoms with Gasteiger partial charge in [0.05, 0.1) is 12.2 Å². The van der Waals surface area contributed by atoms with Gasteiger partial charge in [-0.2, -0.15) is 0 Å². The zero-order valence-electron chi connectivity index (χ0n) is 11.9. The molecule has 2 rings (SSSR count). The molecule has 1 aliphatic carbocycles. The van der Waals surface area contributed by atoms with Crippen LogP contribution in [0.5, 0.6) is 5.88 Å². The number of amides is 1. The highest BCUT2D eigenvalue weighted by Gasteiger charge is 2.25. The van der Waals surface area contributed by atoms with Gasteiger partial charge in [-0.1, -0.05) is 11.6 Å². The maximum atomic E-state index is 12.2. The fourth-order valence-corrected chi connectivity index (χ4v) is 1.90. The minimum absolute atomic E-state index is 0.231. The summed E-state index contributed by atoms with van der Waals surface area (Å²) in [6.45, 7) is 2.01. The van der Waals surface area contributed by atoms with Gasteiger partial charge in [0.25, 0.3) is 5.91 Å². The second-order valence-electron chi connectivity index (χ2n) is 5.20. The summed E-state index contributed by atoms with van der Waals surface area (Å²) in [5.41, 5.74) is 0.231. The van der Waals surface area contributed by atoms with E-state index in [4.69, 9.17) is 21.4 Å². The van der Waals surface area contributed by atoms with E-state index in [1.807, 2.05) is 0 Å². The number of likely N-dealkylation sites (N-methyl/N-ethyl adjacent to an activating group) is 1. The van der Waals surface area contributed by atoms with E-state index in [1.165, 1.54) is 26.2 Å². The maximum absolute atomic E-state index is 12.2.